The van der Waals surface area contributed by atoms with Gasteiger partial charge in [-0.05, 0) is 29.6 Å². The molecule has 8 heteroatoms. The first-order valence-corrected chi connectivity index (χ1v) is 10.5. The number of primary amides is 1. The van der Waals surface area contributed by atoms with Crippen molar-refractivity contribution in [2.24, 2.45) is 5.73 Å². The smallest absolute Gasteiger partial charge is 0.329 e. The number of thioether (sulfide) groups is 1. The van der Waals surface area contributed by atoms with Crippen molar-refractivity contribution in [3.8, 4) is 0 Å². The van der Waals surface area contributed by atoms with Gasteiger partial charge in [0, 0.05) is 0 Å². The van der Waals surface area contributed by atoms with Crippen molar-refractivity contribution in [1.29, 1.82) is 0 Å². The average Bonchev–Trinajstić information content (AvgIpc) is 2.74. The van der Waals surface area contributed by atoms with Crippen LogP contribution in [0, 0.1) is 0 Å². The number of nitrogens with one attached hydrogen (secondary N) is 2. The number of hydrogen-bond acceptors (Lipinski definition) is 5. The van der Waals surface area contributed by atoms with Crippen LogP contribution in [0.1, 0.15) is 23.6 Å². The molecule has 3 amide bonds. The summed E-state index contributed by atoms with van der Waals surface area (Å²) in [6.07, 6.45) is 2.24. The summed E-state index contributed by atoms with van der Waals surface area (Å²) in [6.45, 7) is -0.453. The summed E-state index contributed by atoms with van der Waals surface area (Å²) < 4.78 is 5.11. The molecule has 7 nitrogen and oxygen atoms in total. The second kappa shape index (κ2) is 11.8. The highest BCUT2D eigenvalue weighted by Crippen LogP contribution is 2.21. The molecular weight excluding hydrogens is 390 g/mol. The maximum atomic E-state index is 12.5. The number of amides is 3. The summed E-state index contributed by atoms with van der Waals surface area (Å²) in [5.41, 5.74) is 6.93. The Balaban J connectivity index is 2.01. The summed E-state index contributed by atoms with van der Waals surface area (Å²) in [6, 6.07) is 17.0. The maximum Gasteiger partial charge on any atom is 0.329 e. The number of carbonyl (C=O) groups is 3. The molecule has 0 saturated heterocycles. The van der Waals surface area contributed by atoms with Gasteiger partial charge in [-0.2, -0.15) is 11.8 Å². The van der Waals surface area contributed by atoms with Crippen molar-refractivity contribution in [2.45, 2.75) is 18.5 Å². The monoisotopic (exact) mass is 415 g/mol. The van der Waals surface area contributed by atoms with Gasteiger partial charge in [-0.15, -0.1) is 0 Å². The van der Waals surface area contributed by atoms with Crippen LogP contribution in [0.4, 0.5) is 4.79 Å². The van der Waals surface area contributed by atoms with Gasteiger partial charge in [-0.3, -0.25) is 4.79 Å². The molecule has 0 aromatic heterocycles. The number of benzene rings is 2. The van der Waals surface area contributed by atoms with Crippen LogP contribution in [0.3, 0.4) is 0 Å². The molecule has 0 aliphatic rings. The summed E-state index contributed by atoms with van der Waals surface area (Å²) in [5.74, 6) is -0.501. The van der Waals surface area contributed by atoms with Gasteiger partial charge in [0.1, 0.15) is 6.04 Å². The van der Waals surface area contributed by atoms with Crippen LogP contribution in [-0.2, 0) is 14.3 Å². The van der Waals surface area contributed by atoms with Gasteiger partial charge in [0.15, 0.2) is 6.61 Å². The molecule has 2 aromatic carbocycles. The van der Waals surface area contributed by atoms with Gasteiger partial charge in [-0.25, -0.2) is 9.59 Å². The second-order valence-electron chi connectivity index (χ2n) is 6.27. The highest BCUT2D eigenvalue weighted by molar-refractivity contribution is 7.98. The van der Waals surface area contributed by atoms with Crippen LogP contribution in [0.25, 0.3) is 0 Å². The van der Waals surface area contributed by atoms with Gasteiger partial charge < -0.3 is 21.1 Å². The Hall–Kier alpha value is -3.00. The fourth-order valence-corrected chi connectivity index (χ4v) is 3.22. The number of ether oxygens (including phenoxy) is 1. The average molecular weight is 416 g/mol. The first-order valence-electron chi connectivity index (χ1n) is 9.12. The third-order valence-electron chi connectivity index (χ3n) is 4.13. The van der Waals surface area contributed by atoms with E-state index in [4.69, 9.17) is 10.5 Å². The zero-order valence-corrected chi connectivity index (χ0v) is 17.0. The van der Waals surface area contributed by atoms with E-state index in [1.165, 1.54) is 11.8 Å². The van der Waals surface area contributed by atoms with Crippen molar-refractivity contribution in [3.63, 3.8) is 0 Å². The van der Waals surface area contributed by atoms with Crippen molar-refractivity contribution in [2.75, 3.05) is 18.6 Å². The molecule has 29 heavy (non-hydrogen) atoms. The quantitative estimate of drug-likeness (QED) is 0.516. The molecule has 0 radical (unpaired) electrons. The first kappa shape index (κ1) is 22.3. The van der Waals surface area contributed by atoms with Crippen molar-refractivity contribution < 1.29 is 19.1 Å². The van der Waals surface area contributed by atoms with Gasteiger partial charge in [-0.1, -0.05) is 60.7 Å². The molecule has 0 aliphatic heterocycles. The standard InChI is InChI=1S/C21H25N3O4S/c1-29-13-12-17(23-21(22)27)20(26)28-14-18(25)24-19(15-8-4-2-5-9-15)16-10-6-3-7-11-16/h2-11,17,19H,12-14H2,1H3,(H,24,25)(H3,22,23,27)/t17-/m0/s1. The third-order valence-corrected chi connectivity index (χ3v) is 4.77. The predicted octanol–water partition coefficient (Wildman–Crippen LogP) is 2.23. The molecule has 2 aromatic rings. The van der Waals surface area contributed by atoms with Gasteiger partial charge in [0.2, 0.25) is 0 Å². The first-order chi connectivity index (χ1) is 14.0. The van der Waals surface area contributed by atoms with E-state index in [0.717, 1.165) is 11.1 Å². The Morgan fingerprint density at radius 3 is 2.00 bits per heavy atom. The summed E-state index contributed by atoms with van der Waals surface area (Å²) in [5, 5.41) is 5.25. The number of carbonyl (C=O) groups excluding carboxylic acids is 3. The molecule has 0 saturated carbocycles. The third kappa shape index (κ3) is 7.50. The lowest BCUT2D eigenvalue weighted by molar-refractivity contribution is -0.150. The number of hydrogen-bond donors (Lipinski definition) is 3. The van der Waals surface area contributed by atoms with Crippen LogP contribution in [0.5, 0.6) is 0 Å². The number of urea groups is 1. The predicted molar refractivity (Wildman–Crippen MR) is 113 cm³/mol. The van der Waals surface area contributed by atoms with Crippen LogP contribution in [0.2, 0.25) is 0 Å². The molecule has 0 bridgehead atoms. The normalized spacial score (nSPS) is 11.5. The molecule has 4 N–H and O–H groups in total. The Bertz CT molecular complexity index is 763. The fourth-order valence-electron chi connectivity index (χ4n) is 2.75. The van der Waals surface area contributed by atoms with Gasteiger partial charge in [0.25, 0.3) is 5.91 Å². The van der Waals surface area contributed by atoms with Crippen molar-refractivity contribution in [3.05, 3.63) is 71.8 Å². The van der Waals surface area contributed by atoms with Crippen LogP contribution in [-0.4, -0.2) is 42.6 Å². The van der Waals surface area contributed by atoms with Gasteiger partial charge >= 0.3 is 12.0 Å². The molecule has 154 valence electrons. The van der Waals surface area contributed by atoms with Crippen molar-refractivity contribution in [1.82, 2.24) is 10.6 Å². The lowest BCUT2D eigenvalue weighted by Gasteiger charge is -2.20. The Kier molecular flexibility index (Phi) is 9.04. The SMILES string of the molecule is CSCC[C@H](NC(N)=O)C(=O)OCC(=O)NC(c1ccccc1)c1ccccc1. The number of nitrogens with two attached hydrogens (primary N) is 1. The van der Waals surface area contributed by atoms with Crippen molar-refractivity contribution >= 4 is 29.7 Å². The minimum atomic E-state index is -0.883. The van der Waals surface area contributed by atoms with Gasteiger partial charge in [0.05, 0.1) is 6.04 Å². The Morgan fingerprint density at radius 1 is 0.966 bits per heavy atom. The lowest BCUT2D eigenvalue weighted by Crippen LogP contribution is -2.45. The second-order valence-corrected chi connectivity index (χ2v) is 7.26. The largest absolute Gasteiger partial charge is 0.454 e. The summed E-state index contributed by atoms with van der Waals surface area (Å²) >= 11 is 1.52. The lowest BCUT2D eigenvalue weighted by atomic mass is 9.99. The zero-order chi connectivity index (χ0) is 21.1. The molecular formula is C21H25N3O4S. The van der Waals surface area contributed by atoms with E-state index in [1.54, 1.807) is 0 Å². The van der Waals surface area contributed by atoms with E-state index < -0.39 is 30.6 Å². The number of rotatable bonds is 10. The highest BCUT2D eigenvalue weighted by Gasteiger charge is 2.23. The van der Waals surface area contributed by atoms with E-state index >= 15 is 0 Å². The Labute approximate surface area is 174 Å². The fraction of sp³-hybridized carbons (Fsp3) is 0.286. The molecule has 0 fully saturated rings. The van der Waals surface area contributed by atoms with Crippen LogP contribution in [0.15, 0.2) is 60.7 Å². The molecule has 2 rings (SSSR count). The van der Waals surface area contributed by atoms with Crippen LogP contribution >= 0.6 is 11.8 Å². The molecule has 0 aliphatic carbocycles. The molecule has 0 spiro atoms. The Morgan fingerprint density at radius 2 is 1.52 bits per heavy atom. The van der Waals surface area contributed by atoms with E-state index in [9.17, 15) is 14.4 Å². The maximum absolute atomic E-state index is 12.5. The van der Waals surface area contributed by atoms with E-state index in [2.05, 4.69) is 10.6 Å². The number of esters is 1. The van der Waals surface area contributed by atoms with E-state index in [-0.39, 0.29) is 6.04 Å². The minimum absolute atomic E-state index is 0.362. The van der Waals surface area contributed by atoms with E-state index in [0.29, 0.717) is 12.2 Å². The topological polar surface area (TPSA) is 111 Å². The highest BCUT2D eigenvalue weighted by atomic mass is 32.2. The summed E-state index contributed by atoms with van der Waals surface area (Å²) in [4.78, 5) is 35.8. The molecule has 1 atom stereocenters. The van der Waals surface area contributed by atoms with Crippen LogP contribution < -0.4 is 16.4 Å². The van der Waals surface area contributed by atoms with E-state index in [1.807, 2.05) is 66.9 Å². The zero-order valence-electron chi connectivity index (χ0n) is 16.2. The minimum Gasteiger partial charge on any atom is -0.454 e. The summed E-state index contributed by atoms with van der Waals surface area (Å²) in [7, 11) is 0. The molecule has 0 heterocycles. The molecule has 0 unspecified atom stereocenters.